The Hall–Kier alpha value is -2.78. The average molecular weight is 386 g/mol. The van der Waals surface area contributed by atoms with Gasteiger partial charge in [-0.25, -0.2) is 9.37 Å². The van der Waals surface area contributed by atoms with Crippen LogP contribution in [0.2, 0.25) is 0 Å². The zero-order valence-corrected chi connectivity index (χ0v) is 16.0. The minimum absolute atomic E-state index is 0.210. The summed E-state index contributed by atoms with van der Waals surface area (Å²) in [5, 5.41) is 7.97. The zero-order valence-electron chi connectivity index (χ0n) is 16.0. The summed E-state index contributed by atoms with van der Waals surface area (Å²) in [5.74, 6) is -0.590. The number of hydrogen-bond acceptors (Lipinski definition) is 5. The van der Waals surface area contributed by atoms with Crippen molar-refractivity contribution < 1.29 is 13.9 Å². The van der Waals surface area contributed by atoms with Gasteiger partial charge in [0, 0.05) is 45.7 Å². The molecule has 3 aromatic rings. The summed E-state index contributed by atoms with van der Waals surface area (Å²) < 4.78 is 22.3. The van der Waals surface area contributed by atoms with E-state index in [0.29, 0.717) is 23.3 Å². The largest absolute Gasteiger partial charge is 0.379 e. The van der Waals surface area contributed by atoms with Crippen LogP contribution in [0, 0.1) is 5.82 Å². The van der Waals surface area contributed by atoms with Gasteiger partial charge in [-0.3, -0.25) is 14.4 Å². The molecule has 0 aliphatic carbocycles. The van der Waals surface area contributed by atoms with Crippen molar-refractivity contribution >= 4 is 16.9 Å². The number of rotatable bonds is 5. The Morgan fingerprint density at radius 3 is 2.79 bits per heavy atom. The van der Waals surface area contributed by atoms with E-state index in [0.717, 1.165) is 44.2 Å². The lowest BCUT2D eigenvalue weighted by molar-refractivity contribution is 0.0383. The maximum atomic E-state index is 13.5. The van der Waals surface area contributed by atoms with Crippen molar-refractivity contribution in [1.82, 2.24) is 29.5 Å². The molecule has 0 atom stereocenters. The molecule has 9 heteroatoms. The molecule has 4 heterocycles. The van der Waals surface area contributed by atoms with Crippen LogP contribution in [0.25, 0.3) is 22.4 Å². The normalized spacial score (nSPS) is 15.2. The van der Waals surface area contributed by atoms with Gasteiger partial charge in [0.2, 0.25) is 0 Å². The number of pyridine rings is 1. The van der Waals surface area contributed by atoms with Crippen molar-refractivity contribution in [3.8, 4) is 11.4 Å². The molecule has 0 unspecified atom stereocenters. The standard InChI is InChI=1S/C19H23FN6O2/c1-24-16(10-13-9-14(20)12-22-18(13)24)17-11-15(23-25(17)2)19(27)21-3-4-26-5-7-28-8-6-26/h9-12H,3-8H2,1-2H3,(H,21,27). The van der Waals surface area contributed by atoms with Crippen LogP contribution in [0.3, 0.4) is 0 Å². The third-order valence-electron chi connectivity index (χ3n) is 5.03. The molecule has 1 fully saturated rings. The quantitative estimate of drug-likeness (QED) is 0.713. The van der Waals surface area contributed by atoms with E-state index >= 15 is 0 Å². The predicted octanol–water partition coefficient (Wildman–Crippen LogP) is 1.17. The van der Waals surface area contributed by atoms with E-state index in [1.807, 2.05) is 17.7 Å². The summed E-state index contributed by atoms with van der Waals surface area (Å²) in [5.41, 5.74) is 2.60. The molecule has 0 aromatic carbocycles. The number of hydrogen-bond donors (Lipinski definition) is 1. The molecule has 0 bridgehead atoms. The number of morpholine rings is 1. The van der Waals surface area contributed by atoms with Gasteiger partial charge in [-0.1, -0.05) is 0 Å². The minimum atomic E-state index is -0.380. The fraction of sp³-hybridized carbons (Fsp3) is 0.421. The molecule has 148 valence electrons. The van der Waals surface area contributed by atoms with Crippen LogP contribution in [0.1, 0.15) is 10.5 Å². The predicted molar refractivity (Wildman–Crippen MR) is 102 cm³/mol. The average Bonchev–Trinajstić information content (AvgIpc) is 3.22. The summed E-state index contributed by atoms with van der Waals surface area (Å²) in [6.07, 6.45) is 1.20. The maximum Gasteiger partial charge on any atom is 0.271 e. The van der Waals surface area contributed by atoms with Crippen molar-refractivity contribution in [2.75, 3.05) is 39.4 Å². The number of nitrogens with one attached hydrogen (secondary N) is 1. The van der Waals surface area contributed by atoms with E-state index in [2.05, 4.69) is 20.3 Å². The second-order valence-corrected chi connectivity index (χ2v) is 6.90. The van der Waals surface area contributed by atoms with Gasteiger partial charge in [0.25, 0.3) is 5.91 Å². The number of halogens is 1. The molecule has 8 nitrogen and oxygen atoms in total. The van der Waals surface area contributed by atoms with Crippen LogP contribution in [0.5, 0.6) is 0 Å². The van der Waals surface area contributed by atoms with E-state index in [1.165, 1.54) is 12.3 Å². The number of aryl methyl sites for hydroxylation is 2. The molecular weight excluding hydrogens is 363 g/mol. The highest BCUT2D eigenvalue weighted by Crippen LogP contribution is 2.26. The number of aromatic nitrogens is 4. The van der Waals surface area contributed by atoms with Crippen LogP contribution in [-0.4, -0.2) is 69.5 Å². The highest BCUT2D eigenvalue weighted by molar-refractivity contribution is 5.94. The fourth-order valence-electron chi connectivity index (χ4n) is 3.50. The van der Waals surface area contributed by atoms with E-state index in [-0.39, 0.29) is 11.7 Å². The second kappa shape index (κ2) is 7.69. The summed E-state index contributed by atoms with van der Waals surface area (Å²) >= 11 is 0. The van der Waals surface area contributed by atoms with E-state index in [9.17, 15) is 9.18 Å². The third-order valence-corrected chi connectivity index (χ3v) is 5.03. The van der Waals surface area contributed by atoms with Crippen LogP contribution in [-0.2, 0) is 18.8 Å². The summed E-state index contributed by atoms with van der Waals surface area (Å²) in [7, 11) is 3.64. The monoisotopic (exact) mass is 386 g/mol. The number of fused-ring (bicyclic) bond motifs is 1. The van der Waals surface area contributed by atoms with E-state index < -0.39 is 0 Å². The van der Waals surface area contributed by atoms with Crippen LogP contribution >= 0.6 is 0 Å². The van der Waals surface area contributed by atoms with Crippen molar-refractivity contribution in [2.24, 2.45) is 14.1 Å². The Morgan fingerprint density at radius 1 is 1.21 bits per heavy atom. The number of carbonyl (C=O) groups is 1. The third kappa shape index (κ3) is 3.63. The van der Waals surface area contributed by atoms with Crippen LogP contribution in [0.4, 0.5) is 4.39 Å². The first-order valence-electron chi connectivity index (χ1n) is 9.26. The Labute approximate surface area is 161 Å². The molecule has 3 aromatic heterocycles. The highest BCUT2D eigenvalue weighted by Gasteiger charge is 2.18. The Bertz CT molecular complexity index is 1010. The van der Waals surface area contributed by atoms with Crippen molar-refractivity contribution in [1.29, 1.82) is 0 Å². The summed E-state index contributed by atoms with van der Waals surface area (Å²) in [4.78, 5) is 18.9. The molecule has 1 amide bonds. The topological polar surface area (TPSA) is 77.2 Å². The maximum absolute atomic E-state index is 13.5. The Balaban J connectivity index is 1.49. The lowest BCUT2D eigenvalue weighted by Crippen LogP contribution is -2.41. The van der Waals surface area contributed by atoms with Crippen LogP contribution in [0.15, 0.2) is 24.4 Å². The number of amides is 1. The lowest BCUT2D eigenvalue weighted by atomic mass is 10.2. The van der Waals surface area contributed by atoms with E-state index in [1.54, 1.807) is 17.8 Å². The van der Waals surface area contributed by atoms with Crippen LogP contribution < -0.4 is 5.32 Å². The number of ether oxygens (including phenoxy) is 1. The second-order valence-electron chi connectivity index (χ2n) is 6.90. The molecule has 0 spiro atoms. The van der Waals surface area contributed by atoms with E-state index in [4.69, 9.17) is 4.74 Å². The molecular formula is C19H23FN6O2. The molecule has 1 aliphatic heterocycles. The summed E-state index contributed by atoms with van der Waals surface area (Å²) in [6, 6.07) is 5.04. The first-order valence-corrected chi connectivity index (χ1v) is 9.26. The van der Waals surface area contributed by atoms with Crippen molar-refractivity contribution in [2.45, 2.75) is 0 Å². The molecule has 4 rings (SSSR count). The highest BCUT2D eigenvalue weighted by atomic mass is 19.1. The molecule has 1 saturated heterocycles. The van der Waals surface area contributed by atoms with Gasteiger partial charge in [-0.2, -0.15) is 5.10 Å². The van der Waals surface area contributed by atoms with Gasteiger partial charge in [-0.15, -0.1) is 0 Å². The number of carbonyl (C=O) groups excluding carboxylic acids is 1. The summed E-state index contributed by atoms with van der Waals surface area (Å²) in [6.45, 7) is 4.60. The van der Waals surface area contributed by atoms with Gasteiger partial charge in [0.05, 0.1) is 30.8 Å². The first kappa shape index (κ1) is 18.6. The Morgan fingerprint density at radius 2 is 2.00 bits per heavy atom. The fourth-order valence-corrected chi connectivity index (χ4v) is 3.50. The smallest absolute Gasteiger partial charge is 0.271 e. The number of nitrogens with zero attached hydrogens (tertiary/aromatic N) is 5. The van der Waals surface area contributed by atoms with Crippen molar-refractivity contribution in [3.05, 3.63) is 35.9 Å². The lowest BCUT2D eigenvalue weighted by Gasteiger charge is -2.26. The molecule has 0 radical (unpaired) electrons. The minimum Gasteiger partial charge on any atom is -0.379 e. The van der Waals surface area contributed by atoms with Gasteiger partial charge >= 0.3 is 0 Å². The zero-order chi connectivity index (χ0) is 19.7. The SMILES string of the molecule is Cn1nc(C(=O)NCCN2CCOCC2)cc1-c1cc2cc(F)cnc2n1C. The van der Waals surface area contributed by atoms with Gasteiger partial charge in [0.1, 0.15) is 11.5 Å². The molecule has 1 aliphatic rings. The van der Waals surface area contributed by atoms with Gasteiger partial charge in [0.15, 0.2) is 5.69 Å². The Kier molecular flexibility index (Phi) is 5.10. The first-order chi connectivity index (χ1) is 13.5. The molecule has 0 saturated carbocycles. The van der Waals surface area contributed by atoms with Gasteiger partial charge < -0.3 is 14.6 Å². The van der Waals surface area contributed by atoms with Crippen molar-refractivity contribution in [3.63, 3.8) is 0 Å². The molecule has 28 heavy (non-hydrogen) atoms. The molecule has 1 N–H and O–H groups in total. The van der Waals surface area contributed by atoms with Gasteiger partial charge in [-0.05, 0) is 18.2 Å².